The van der Waals surface area contributed by atoms with Gasteiger partial charge in [0.25, 0.3) is 5.91 Å². The maximum atomic E-state index is 11.9. The number of thiazole rings is 1. The molecule has 0 aliphatic heterocycles. The van der Waals surface area contributed by atoms with Crippen molar-refractivity contribution in [2.75, 3.05) is 5.32 Å². The highest BCUT2D eigenvalue weighted by molar-refractivity contribution is 7.11. The lowest BCUT2D eigenvalue weighted by atomic mass is 10.0. The second-order valence-corrected chi connectivity index (χ2v) is 4.98. The molecule has 1 aromatic carbocycles. The van der Waals surface area contributed by atoms with Gasteiger partial charge in [-0.3, -0.25) is 9.78 Å². The molecular weight excluding hydrogens is 264 g/mol. The number of aromatic carboxylic acids is 1. The monoisotopic (exact) mass is 276 g/mol. The topological polar surface area (TPSA) is 79.3 Å². The number of carboxylic acids is 1. The van der Waals surface area contributed by atoms with E-state index in [0.717, 1.165) is 5.56 Å². The van der Waals surface area contributed by atoms with Gasteiger partial charge in [-0.05, 0) is 37.1 Å². The Labute approximate surface area is 113 Å². The summed E-state index contributed by atoms with van der Waals surface area (Å²) < 4.78 is 0. The first-order valence-electron chi connectivity index (χ1n) is 5.53. The minimum atomic E-state index is -1.01. The van der Waals surface area contributed by atoms with Gasteiger partial charge in [-0.15, -0.1) is 11.3 Å². The van der Waals surface area contributed by atoms with E-state index >= 15 is 0 Å². The van der Waals surface area contributed by atoms with Crippen molar-refractivity contribution >= 4 is 28.9 Å². The molecule has 19 heavy (non-hydrogen) atoms. The molecule has 0 radical (unpaired) electrons. The van der Waals surface area contributed by atoms with Gasteiger partial charge in [-0.25, -0.2) is 4.79 Å². The first kappa shape index (κ1) is 13.2. The fourth-order valence-electron chi connectivity index (χ4n) is 1.67. The number of aryl methyl sites for hydroxylation is 1. The Bertz CT molecular complexity index is 636. The highest BCUT2D eigenvalue weighted by Gasteiger charge is 2.13. The molecule has 0 aliphatic carbocycles. The number of carbonyl (C=O) groups excluding carboxylic acids is 1. The fraction of sp³-hybridized carbons (Fsp3) is 0.154. The predicted octanol–water partition coefficient (Wildman–Crippen LogP) is 2.71. The smallest absolute Gasteiger partial charge is 0.336 e. The van der Waals surface area contributed by atoms with Gasteiger partial charge in [0.05, 0.1) is 17.3 Å². The van der Waals surface area contributed by atoms with Crippen LogP contribution in [0, 0.1) is 13.8 Å². The van der Waals surface area contributed by atoms with E-state index in [4.69, 9.17) is 5.11 Å². The molecule has 6 heteroatoms. The van der Waals surface area contributed by atoms with Gasteiger partial charge in [-0.1, -0.05) is 0 Å². The third-order valence-corrected chi connectivity index (χ3v) is 3.58. The average Bonchev–Trinajstić information content (AvgIpc) is 2.86. The van der Waals surface area contributed by atoms with Gasteiger partial charge in [-0.2, -0.15) is 0 Å². The summed E-state index contributed by atoms with van der Waals surface area (Å²) in [5.74, 6) is -1.29. The number of aromatic nitrogens is 1. The lowest BCUT2D eigenvalue weighted by Gasteiger charge is -2.10. The first-order chi connectivity index (χ1) is 8.99. The molecule has 0 fully saturated rings. The molecule has 1 aromatic heterocycles. The van der Waals surface area contributed by atoms with Gasteiger partial charge in [0.2, 0.25) is 0 Å². The molecule has 0 saturated heterocycles. The third-order valence-electron chi connectivity index (χ3n) is 2.81. The third kappa shape index (κ3) is 2.79. The number of anilines is 1. The van der Waals surface area contributed by atoms with Crippen molar-refractivity contribution in [3.8, 4) is 0 Å². The number of nitrogens with zero attached hydrogens (tertiary/aromatic N) is 1. The Balaban J connectivity index is 2.31. The molecule has 2 rings (SSSR count). The van der Waals surface area contributed by atoms with E-state index in [0.29, 0.717) is 16.1 Å². The highest BCUT2D eigenvalue weighted by atomic mass is 32.1. The second kappa shape index (κ2) is 5.19. The van der Waals surface area contributed by atoms with Crippen LogP contribution < -0.4 is 5.32 Å². The van der Waals surface area contributed by atoms with Crippen molar-refractivity contribution < 1.29 is 14.7 Å². The van der Waals surface area contributed by atoms with Crippen molar-refractivity contribution in [2.45, 2.75) is 13.8 Å². The minimum Gasteiger partial charge on any atom is -0.478 e. The van der Waals surface area contributed by atoms with E-state index in [1.54, 1.807) is 18.5 Å². The van der Waals surface area contributed by atoms with Crippen LogP contribution in [0.4, 0.5) is 5.69 Å². The maximum Gasteiger partial charge on any atom is 0.336 e. The first-order valence-corrected chi connectivity index (χ1v) is 6.41. The van der Waals surface area contributed by atoms with E-state index in [2.05, 4.69) is 10.3 Å². The van der Waals surface area contributed by atoms with Crippen LogP contribution in [0.25, 0.3) is 0 Å². The Kier molecular flexibility index (Phi) is 3.62. The summed E-state index contributed by atoms with van der Waals surface area (Å²) >= 11 is 1.23. The van der Waals surface area contributed by atoms with Crippen LogP contribution in [0.2, 0.25) is 0 Å². The number of carboxylic acid groups (broad SMARTS) is 1. The summed E-state index contributed by atoms with van der Waals surface area (Å²) in [6, 6.07) is 3.21. The lowest BCUT2D eigenvalue weighted by Crippen LogP contribution is -2.12. The van der Waals surface area contributed by atoms with Crippen LogP contribution in [0.3, 0.4) is 0 Å². The van der Waals surface area contributed by atoms with Crippen molar-refractivity contribution in [3.05, 3.63) is 45.4 Å². The van der Waals surface area contributed by atoms with Gasteiger partial charge < -0.3 is 10.4 Å². The number of amides is 1. The standard InChI is InChI=1S/C13H12N2O3S/c1-7-3-9(4-10(8(7)2)13(17)18)15-12(16)11-5-14-6-19-11/h3-6H,1-2H3,(H,15,16)(H,17,18). The zero-order valence-corrected chi connectivity index (χ0v) is 11.2. The summed E-state index contributed by atoms with van der Waals surface area (Å²) in [6.07, 6.45) is 1.47. The quantitative estimate of drug-likeness (QED) is 0.903. The van der Waals surface area contributed by atoms with Crippen molar-refractivity contribution in [2.24, 2.45) is 0 Å². The molecule has 0 bridgehead atoms. The molecule has 98 valence electrons. The molecule has 0 atom stereocenters. The van der Waals surface area contributed by atoms with Crippen LogP contribution in [-0.2, 0) is 0 Å². The largest absolute Gasteiger partial charge is 0.478 e. The Hall–Kier alpha value is -2.21. The van der Waals surface area contributed by atoms with Gasteiger partial charge in [0.15, 0.2) is 0 Å². The molecule has 1 amide bonds. The molecule has 0 saturated carbocycles. The fourth-order valence-corrected chi connectivity index (χ4v) is 2.19. The summed E-state index contributed by atoms with van der Waals surface area (Å²) in [6.45, 7) is 3.55. The second-order valence-electron chi connectivity index (χ2n) is 4.09. The van der Waals surface area contributed by atoms with E-state index in [-0.39, 0.29) is 11.5 Å². The van der Waals surface area contributed by atoms with Crippen LogP contribution in [-0.4, -0.2) is 22.0 Å². The van der Waals surface area contributed by atoms with Crippen molar-refractivity contribution in [3.63, 3.8) is 0 Å². The highest BCUT2D eigenvalue weighted by Crippen LogP contribution is 2.21. The Morgan fingerprint density at radius 2 is 2.05 bits per heavy atom. The summed E-state index contributed by atoms with van der Waals surface area (Å²) in [5, 5.41) is 11.8. The number of hydrogen-bond donors (Lipinski definition) is 2. The molecule has 0 unspecified atom stereocenters. The van der Waals surface area contributed by atoms with Crippen LogP contribution >= 0.6 is 11.3 Å². The number of nitrogens with one attached hydrogen (secondary N) is 1. The van der Waals surface area contributed by atoms with Crippen molar-refractivity contribution in [1.82, 2.24) is 4.98 Å². The van der Waals surface area contributed by atoms with E-state index in [1.165, 1.54) is 23.6 Å². The number of carbonyl (C=O) groups is 2. The van der Waals surface area contributed by atoms with Gasteiger partial charge in [0.1, 0.15) is 4.88 Å². The van der Waals surface area contributed by atoms with Crippen LogP contribution in [0.1, 0.15) is 31.2 Å². The zero-order chi connectivity index (χ0) is 14.0. The number of hydrogen-bond acceptors (Lipinski definition) is 4. The molecule has 0 aliphatic rings. The van der Waals surface area contributed by atoms with Crippen LogP contribution in [0.5, 0.6) is 0 Å². The van der Waals surface area contributed by atoms with Gasteiger partial charge >= 0.3 is 5.97 Å². The molecule has 5 nitrogen and oxygen atoms in total. The van der Waals surface area contributed by atoms with E-state index in [1.807, 2.05) is 6.92 Å². The molecule has 2 aromatic rings. The zero-order valence-electron chi connectivity index (χ0n) is 10.4. The number of rotatable bonds is 3. The van der Waals surface area contributed by atoms with Crippen LogP contribution in [0.15, 0.2) is 23.8 Å². The normalized spacial score (nSPS) is 10.2. The summed E-state index contributed by atoms with van der Waals surface area (Å²) in [4.78, 5) is 27.3. The lowest BCUT2D eigenvalue weighted by molar-refractivity contribution is 0.0695. The molecular formula is C13H12N2O3S. The van der Waals surface area contributed by atoms with Crippen molar-refractivity contribution in [1.29, 1.82) is 0 Å². The van der Waals surface area contributed by atoms with E-state index < -0.39 is 5.97 Å². The van der Waals surface area contributed by atoms with Gasteiger partial charge in [0, 0.05) is 5.69 Å². The SMILES string of the molecule is Cc1cc(NC(=O)c2cncs2)cc(C(=O)O)c1C. The summed E-state index contributed by atoms with van der Waals surface area (Å²) in [5.41, 5.74) is 3.75. The molecule has 1 heterocycles. The average molecular weight is 276 g/mol. The number of benzene rings is 1. The molecule has 0 spiro atoms. The minimum absolute atomic E-state index is 0.194. The Morgan fingerprint density at radius 3 is 2.63 bits per heavy atom. The summed E-state index contributed by atoms with van der Waals surface area (Å²) in [7, 11) is 0. The predicted molar refractivity (Wildman–Crippen MR) is 72.9 cm³/mol. The maximum absolute atomic E-state index is 11.9. The Morgan fingerprint density at radius 1 is 1.32 bits per heavy atom. The molecule has 2 N–H and O–H groups in total. The van der Waals surface area contributed by atoms with E-state index in [9.17, 15) is 9.59 Å².